The Labute approximate surface area is 118 Å². The SMILES string of the molecule is O=Nc1ccc(-c2coc3cc(N=O)ccc3c2=O)cc1. The molecule has 0 saturated carbocycles. The van der Waals surface area contributed by atoms with Crippen molar-refractivity contribution in [1.82, 2.24) is 0 Å². The van der Waals surface area contributed by atoms with Gasteiger partial charge >= 0.3 is 0 Å². The van der Waals surface area contributed by atoms with Crippen LogP contribution in [0.1, 0.15) is 0 Å². The maximum atomic E-state index is 12.4. The Morgan fingerprint density at radius 2 is 1.52 bits per heavy atom. The van der Waals surface area contributed by atoms with Gasteiger partial charge in [-0.15, -0.1) is 9.81 Å². The molecule has 3 rings (SSSR count). The molecule has 0 fully saturated rings. The van der Waals surface area contributed by atoms with E-state index in [0.29, 0.717) is 22.1 Å². The molecule has 0 amide bonds. The minimum atomic E-state index is -0.222. The zero-order valence-corrected chi connectivity index (χ0v) is 10.6. The summed E-state index contributed by atoms with van der Waals surface area (Å²) < 4.78 is 5.39. The van der Waals surface area contributed by atoms with E-state index in [1.54, 1.807) is 12.1 Å². The van der Waals surface area contributed by atoms with Gasteiger partial charge < -0.3 is 4.42 Å². The van der Waals surface area contributed by atoms with E-state index in [0.717, 1.165) is 0 Å². The highest BCUT2D eigenvalue weighted by atomic mass is 16.3. The van der Waals surface area contributed by atoms with Crippen molar-refractivity contribution in [3.05, 3.63) is 68.8 Å². The van der Waals surface area contributed by atoms with E-state index < -0.39 is 0 Å². The Balaban J connectivity index is 2.19. The van der Waals surface area contributed by atoms with Gasteiger partial charge in [-0.25, -0.2) is 0 Å². The van der Waals surface area contributed by atoms with E-state index >= 15 is 0 Å². The molecule has 2 aromatic carbocycles. The molecular weight excluding hydrogens is 272 g/mol. The van der Waals surface area contributed by atoms with Crippen LogP contribution >= 0.6 is 0 Å². The monoisotopic (exact) mass is 280 g/mol. The Morgan fingerprint density at radius 1 is 0.857 bits per heavy atom. The van der Waals surface area contributed by atoms with Gasteiger partial charge in [-0.1, -0.05) is 12.1 Å². The molecule has 0 spiro atoms. The Kier molecular flexibility index (Phi) is 3.12. The molecule has 102 valence electrons. The molecule has 1 aromatic heterocycles. The van der Waals surface area contributed by atoms with Gasteiger partial charge in [-0.05, 0) is 40.2 Å². The number of fused-ring (bicyclic) bond motifs is 1. The maximum absolute atomic E-state index is 12.4. The molecular formula is C15H8N2O4. The first-order chi connectivity index (χ1) is 10.2. The first kappa shape index (κ1) is 12.9. The van der Waals surface area contributed by atoms with Crippen molar-refractivity contribution in [2.45, 2.75) is 0 Å². The van der Waals surface area contributed by atoms with Crippen LogP contribution in [0, 0.1) is 9.81 Å². The van der Waals surface area contributed by atoms with E-state index in [1.165, 1.54) is 36.6 Å². The lowest BCUT2D eigenvalue weighted by atomic mass is 10.1. The van der Waals surface area contributed by atoms with Crippen molar-refractivity contribution in [1.29, 1.82) is 0 Å². The van der Waals surface area contributed by atoms with Gasteiger partial charge in [0, 0.05) is 6.07 Å². The summed E-state index contributed by atoms with van der Waals surface area (Å²) in [6, 6.07) is 10.6. The van der Waals surface area contributed by atoms with Crippen molar-refractivity contribution in [2.24, 2.45) is 10.4 Å². The summed E-state index contributed by atoms with van der Waals surface area (Å²) in [6.07, 6.45) is 1.32. The average Bonchev–Trinajstić information content (AvgIpc) is 2.55. The Hall–Kier alpha value is -3.15. The molecule has 0 aliphatic heterocycles. The minimum absolute atomic E-state index is 0.194. The van der Waals surface area contributed by atoms with Crippen molar-refractivity contribution in [3.63, 3.8) is 0 Å². The average molecular weight is 280 g/mol. The van der Waals surface area contributed by atoms with Crippen LogP contribution in [-0.2, 0) is 0 Å². The van der Waals surface area contributed by atoms with Gasteiger partial charge in [0.05, 0.1) is 10.9 Å². The van der Waals surface area contributed by atoms with Crippen LogP contribution in [0.25, 0.3) is 22.1 Å². The Morgan fingerprint density at radius 3 is 2.19 bits per heavy atom. The lowest BCUT2D eigenvalue weighted by Gasteiger charge is -2.03. The summed E-state index contributed by atoms with van der Waals surface area (Å²) in [4.78, 5) is 33.3. The predicted octanol–water partition coefficient (Wildman–Crippen LogP) is 4.26. The van der Waals surface area contributed by atoms with Crippen molar-refractivity contribution in [2.75, 3.05) is 0 Å². The van der Waals surface area contributed by atoms with E-state index in [9.17, 15) is 14.6 Å². The Bertz CT molecular complexity index is 898. The van der Waals surface area contributed by atoms with Crippen LogP contribution < -0.4 is 5.43 Å². The number of hydrogen-bond donors (Lipinski definition) is 0. The number of benzene rings is 2. The minimum Gasteiger partial charge on any atom is -0.463 e. The predicted molar refractivity (Wildman–Crippen MR) is 78.8 cm³/mol. The molecule has 0 radical (unpaired) electrons. The molecule has 1 heterocycles. The van der Waals surface area contributed by atoms with E-state index in [-0.39, 0.29) is 16.8 Å². The highest BCUT2D eigenvalue weighted by Gasteiger charge is 2.10. The van der Waals surface area contributed by atoms with E-state index in [2.05, 4.69) is 10.4 Å². The lowest BCUT2D eigenvalue weighted by Crippen LogP contribution is -2.04. The largest absolute Gasteiger partial charge is 0.463 e. The van der Waals surface area contributed by atoms with Gasteiger partial charge in [-0.3, -0.25) is 4.79 Å². The summed E-state index contributed by atoms with van der Waals surface area (Å²) in [5.41, 5.74) is 1.54. The van der Waals surface area contributed by atoms with Crippen LogP contribution in [0.3, 0.4) is 0 Å². The highest BCUT2D eigenvalue weighted by molar-refractivity contribution is 5.83. The second-order valence-electron chi connectivity index (χ2n) is 4.39. The van der Waals surface area contributed by atoms with Gasteiger partial charge in [0.2, 0.25) is 0 Å². The molecule has 0 atom stereocenters. The summed E-state index contributed by atoms with van der Waals surface area (Å²) in [5, 5.41) is 5.96. The highest BCUT2D eigenvalue weighted by Crippen LogP contribution is 2.24. The topological polar surface area (TPSA) is 89.1 Å². The van der Waals surface area contributed by atoms with Crippen LogP contribution in [0.2, 0.25) is 0 Å². The van der Waals surface area contributed by atoms with Crippen molar-refractivity contribution in [3.8, 4) is 11.1 Å². The van der Waals surface area contributed by atoms with Crippen molar-refractivity contribution < 1.29 is 4.42 Å². The van der Waals surface area contributed by atoms with Crippen molar-refractivity contribution >= 4 is 22.3 Å². The van der Waals surface area contributed by atoms with Gasteiger partial charge in [0.25, 0.3) is 0 Å². The molecule has 21 heavy (non-hydrogen) atoms. The maximum Gasteiger partial charge on any atom is 0.200 e. The first-order valence-corrected chi connectivity index (χ1v) is 6.05. The van der Waals surface area contributed by atoms with Crippen LogP contribution in [0.4, 0.5) is 11.4 Å². The molecule has 3 aromatic rings. The zero-order valence-electron chi connectivity index (χ0n) is 10.6. The summed E-state index contributed by atoms with van der Waals surface area (Å²) in [6.45, 7) is 0. The summed E-state index contributed by atoms with van der Waals surface area (Å²) in [5.74, 6) is 0. The molecule has 0 unspecified atom stereocenters. The number of nitrogens with zero attached hydrogens (tertiary/aromatic N) is 2. The number of hydrogen-bond acceptors (Lipinski definition) is 6. The summed E-state index contributed by atoms with van der Waals surface area (Å²) in [7, 11) is 0. The van der Waals surface area contributed by atoms with Gasteiger partial charge in [-0.2, -0.15) is 0 Å². The molecule has 0 saturated heterocycles. The van der Waals surface area contributed by atoms with Crippen LogP contribution in [0.15, 0.2) is 68.3 Å². The first-order valence-electron chi connectivity index (χ1n) is 6.05. The molecule has 0 aliphatic carbocycles. The quantitative estimate of drug-likeness (QED) is 0.670. The lowest BCUT2D eigenvalue weighted by molar-refractivity contribution is 0.605. The normalized spacial score (nSPS) is 10.5. The van der Waals surface area contributed by atoms with Gasteiger partial charge in [0.1, 0.15) is 23.2 Å². The molecule has 0 N–H and O–H groups in total. The smallest absolute Gasteiger partial charge is 0.200 e. The fourth-order valence-corrected chi connectivity index (χ4v) is 2.07. The number of rotatable bonds is 3. The molecule has 0 bridgehead atoms. The third kappa shape index (κ3) is 2.23. The molecule has 6 heteroatoms. The standard InChI is InChI=1S/C15H8N2O4/c18-15-12-6-5-11(17-20)7-14(12)21-8-13(15)9-1-3-10(16-19)4-2-9/h1-8H. The second-order valence-corrected chi connectivity index (χ2v) is 4.39. The molecule has 6 nitrogen and oxygen atoms in total. The zero-order chi connectivity index (χ0) is 14.8. The second kappa shape index (κ2) is 5.09. The third-order valence-electron chi connectivity index (χ3n) is 3.15. The number of nitroso groups, excluding NO2 is 2. The van der Waals surface area contributed by atoms with E-state index in [4.69, 9.17) is 4.42 Å². The summed E-state index contributed by atoms with van der Waals surface area (Å²) >= 11 is 0. The third-order valence-corrected chi connectivity index (χ3v) is 3.15. The van der Waals surface area contributed by atoms with Crippen LogP contribution in [-0.4, -0.2) is 0 Å². The molecule has 0 aliphatic rings. The van der Waals surface area contributed by atoms with Crippen LogP contribution in [0.5, 0.6) is 0 Å². The fourth-order valence-electron chi connectivity index (χ4n) is 2.07. The van der Waals surface area contributed by atoms with Gasteiger partial charge in [0.15, 0.2) is 5.43 Å². The fraction of sp³-hybridized carbons (Fsp3) is 0. The van der Waals surface area contributed by atoms with E-state index in [1.807, 2.05) is 0 Å².